The third kappa shape index (κ3) is 3.45. The number of nitrogens with zero attached hydrogens (tertiary/aromatic N) is 2. The molecule has 0 bridgehead atoms. The zero-order chi connectivity index (χ0) is 13.0. The molecule has 1 aliphatic heterocycles. The molecule has 0 spiro atoms. The van der Waals surface area contributed by atoms with Crippen LogP contribution in [-0.2, 0) is 4.74 Å². The molecule has 1 saturated heterocycles. The molecule has 1 aliphatic rings. The van der Waals surface area contributed by atoms with E-state index in [1.807, 2.05) is 12.3 Å². The van der Waals surface area contributed by atoms with Crippen LogP contribution in [0.5, 0.6) is 0 Å². The minimum absolute atomic E-state index is 0.405. The van der Waals surface area contributed by atoms with Gasteiger partial charge in [-0.05, 0) is 47.3 Å². The average Bonchev–Trinajstić information content (AvgIpc) is 2.40. The maximum Gasteiger partial charge on any atom is 0.143 e. The van der Waals surface area contributed by atoms with Crippen LogP contribution in [0.25, 0.3) is 0 Å². The molecule has 3 nitrogen and oxygen atoms in total. The number of aryl methyl sites for hydroxylation is 1. The number of alkyl halides is 1. The van der Waals surface area contributed by atoms with Gasteiger partial charge < -0.3 is 9.64 Å². The molecule has 0 radical (unpaired) electrons. The lowest BCUT2D eigenvalue weighted by atomic mass is 10.1. The van der Waals surface area contributed by atoms with E-state index < -0.39 is 0 Å². The standard InChI is InChI=1S/C13H18Br2N2O/c1-10-2-6-16-13(12(10)15)17-7-3-11(4-8-17)18-9-5-14/h2,6,11H,3-5,7-9H2,1H3. The summed E-state index contributed by atoms with van der Waals surface area (Å²) in [4.78, 5) is 6.82. The monoisotopic (exact) mass is 376 g/mol. The van der Waals surface area contributed by atoms with E-state index in [9.17, 15) is 0 Å². The zero-order valence-electron chi connectivity index (χ0n) is 10.5. The van der Waals surface area contributed by atoms with E-state index in [1.165, 1.54) is 5.56 Å². The molecule has 0 unspecified atom stereocenters. The Balaban J connectivity index is 1.95. The SMILES string of the molecule is Cc1ccnc(N2CCC(OCCBr)CC2)c1Br. The van der Waals surface area contributed by atoms with Crippen molar-refractivity contribution in [1.82, 2.24) is 4.98 Å². The lowest BCUT2D eigenvalue weighted by Crippen LogP contribution is -2.38. The van der Waals surface area contributed by atoms with E-state index in [2.05, 4.69) is 48.7 Å². The van der Waals surface area contributed by atoms with Crippen LogP contribution in [0.3, 0.4) is 0 Å². The van der Waals surface area contributed by atoms with Gasteiger partial charge in [-0.25, -0.2) is 4.98 Å². The number of aromatic nitrogens is 1. The van der Waals surface area contributed by atoms with Gasteiger partial charge in [0.2, 0.25) is 0 Å². The molecule has 1 aromatic rings. The van der Waals surface area contributed by atoms with E-state index in [1.54, 1.807) is 0 Å². The average molecular weight is 378 g/mol. The van der Waals surface area contributed by atoms with Crippen LogP contribution in [0.15, 0.2) is 16.7 Å². The summed E-state index contributed by atoms with van der Waals surface area (Å²) in [5.74, 6) is 1.06. The predicted octanol–water partition coefficient (Wildman–Crippen LogP) is 3.53. The molecule has 0 N–H and O–H groups in total. The van der Waals surface area contributed by atoms with Crippen molar-refractivity contribution in [3.05, 3.63) is 22.3 Å². The van der Waals surface area contributed by atoms with Gasteiger partial charge in [0, 0.05) is 24.6 Å². The van der Waals surface area contributed by atoms with E-state index in [0.717, 1.165) is 48.2 Å². The van der Waals surface area contributed by atoms with E-state index in [0.29, 0.717) is 6.10 Å². The van der Waals surface area contributed by atoms with Gasteiger partial charge in [0.05, 0.1) is 17.2 Å². The van der Waals surface area contributed by atoms with Crippen molar-refractivity contribution in [2.24, 2.45) is 0 Å². The van der Waals surface area contributed by atoms with Crippen LogP contribution in [0.4, 0.5) is 5.82 Å². The summed E-state index contributed by atoms with van der Waals surface area (Å²) in [7, 11) is 0. The van der Waals surface area contributed by atoms with Crippen LogP contribution < -0.4 is 4.90 Å². The molecular weight excluding hydrogens is 360 g/mol. The molecule has 2 rings (SSSR count). The van der Waals surface area contributed by atoms with Crippen molar-refractivity contribution < 1.29 is 4.74 Å². The Hall–Kier alpha value is -0.130. The van der Waals surface area contributed by atoms with Gasteiger partial charge in [0.15, 0.2) is 0 Å². The number of anilines is 1. The minimum atomic E-state index is 0.405. The molecule has 0 atom stereocenters. The Bertz CT molecular complexity index is 393. The second kappa shape index (κ2) is 6.87. The highest BCUT2D eigenvalue weighted by Gasteiger charge is 2.22. The predicted molar refractivity (Wildman–Crippen MR) is 81.7 cm³/mol. The molecule has 0 aromatic carbocycles. The minimum Gasteiger partial charge on any atom is -0.377 e. The molecule has 2 heterocycles. The van der Waals surface area contributed by atoms with Crippen molar-refractivity contribution in [3.8, 4) is 0 Å². The third-order valence-electron chi connectivity index (χ3n) is 3.24. The number of piperidine rings is 1. The van der Waals surface area contributed by atoms with Gasteiger partial charge in [-0.2, -0.15) is 0 Å². The summed E-state index contributed by atoms with van der Waals surface area (Å²) in [5, 5.41) is 0.915. The Kier molecular flexibility index (Phi) is 5.45. The molecule has 5 heteroatoms. The number of ether oxygens (including phenoxy) is 1. The summed E-state index contributed by atoms with van der Waals surface area (Å²) in [6, 6.07) is 2.03. The topological polar surface area (TPSA) is 25.4 Å². The summed E-state index contributed by atoms with van der Waals surface area (Å²) in [6.45, 7) is 4.93. The lowest BCUT2D eigenvalue weighted by molar-refractivity contribution is 0.0480. The van der Waals surface area contributed by atoms with Crippen molar-refractivity contribution in [2.45, 2.75) is 25.9 Å². The second-order valence-electron chi connectivity index (χ2n) is 4.51. The van der Waals surface area contributed by atoms with E-state index in [-0.39, 0.29) is 0 Å². The van der Waals surface area contributed by atoms with Gasteiger partial charge in [-0.3, -0.25) is 0 Å². The first kappa shape index (κ1) is 14.3. The molecule has 18 heavy (non-hydrogen) atoms. The molecule has 0 saturated carbocycles. The van der Waals surface area contributed by atoms with Gasteiger partial charge in [-0.1, -0.05) is 15.9 Å². The van der Waals surface area contributed by atoms with Crippen molar-refractivity contribution in [2.75, 3.05) is 29.9 Å². The Morgan fingerprint density at radius 1 is 1.44 bits per heavy atom. The number of rotatable bonds is 4. The van der Waals surface area contributed by atoms with Gasteiger partial charge >= 0.3 is 0 Å². The van der Waals surface area contributed by atoms with Crippen LogP contribution in [0.1, 0.15) is 18.4 Å². The fourth-order valence-corrected chi connectivity index (χ4v) is 2.86. The number of hydrogen-bond donors (Lipinski definition) is 0. The van der Waals surface area contributed by atoms with Gasteiger partial charge in [-0.15, -0.1) is 0 Å². The first-order valence-electron chi connectivity index (χ1n) is 6.26. The molecular formula is C13H18Br2N2O. The van der Waals surface area contributed by atoms with E-state index in [4.69, 9.17) is 4.74 Å². The second-order valence-corrected chi connectivity index (χ2v) is 6.10. The third-order valence-corrected chi connectivity index (χ3v) is 4.54. The number of halogens is 2. The molecule has 0 amide bonds. The van der Waals surface area contributed by atoms with Crippen LogP contribution in [0.2, 0.25) is 0 Å². The van der Waals surface area contributed by atoms with Crippen LogP contribution in [0, 0.1) is 6.92 Å². The lowest BCUT2D eigenvalue weighted by Gasteiger charge is -2.33. The van der Waals surface area contributed by atoms with Crippen LogP contribution in [-0.4, -0.2) is 36.1 Å². The maximum atomic E-state index is 5.76. The summed E-state index contributed by atoms with van der Waals surface area (Å²) < 4.78 is 6.88. The molecule has 1 aromatic heterocycles. The first-order chi connectivity index (χ1) is 8.72. The van der Waals surface area contributed by atoms with Gasteiger partial charge in [0.1, 0.15) is 5.82 Å². The van der Waals surface area contributed by atoms with Crippen molar-refractivity contribution in [3.63, 3.8) is 0 Å². The summed E-state index contributed by atoms with van der Waals surface area (Å²) >= 11 is 7.02. The fourth-order valence-electron chi connectivity index (χ4n) is 2.19. The highest BCUT2D eigenvalue weighted by molar-refractivity contribution is 9.10. The largest absolute Gasteiger partial charge is 0.377 e. The number of pyridine rings is 1. The zero-order valence-corrected chi connectivity index (χ0v) is 13.7. The van der Waals surface area contributed by atoms with Crippen LogP contribution >= 0.6 is 31.9 Å². The normalized spacial score (nSPS) is 17.2. The Labute approximate surface area is 125 Å². The van der Waals surface area contributed by atoms with Crippen molar-refractivity contribution >= 4 is 37.7 Å². The van der Waals surface area contributed by atoms with Gasteiger partial charge in [0.25, 0.3) is 0 Å². The first-order valence-corrected chi connectivity index (χ1v) is 8.17. The highest BCUT2D eigenvalue weighted by Crippen LogP contribution is 2.29. The highest BCUT2D eigenvalue weighted by atomic mass is 79.9. The van der Waals surface area contributed by atoms with E-state index >= 15 is 0 Å². The summed E-state index contributed by atoms with van der Waals surface area (Å²) in [5.41, 5.74) is 1.23. The Morgan fingerprint density at radius 3 is 2.83 bits per heavy atom. The quantitative estimate of drug-likeness (QED) is 0.750. The van der Waals surface area contributed by atoms with Crippen molar-refractivity contribution in [1.29, 1.82) is 0 Å². The number of hydrogen-bond acceptors (Lipinski definition) is 3. The summed E-state index contributed by atoms with van der Waals surface area (Å²) in [6.07, 6.45) is 4.44. The fraction of sp³-hybridized carbons (Fsp3) is 0.615. The maximum absolute atomic E-state index is 5.76. The smallest absolute Gasteiger partial charge is 0.143 e. The molecule has 100 valence electrons. The molecule has 1 fully saturated rings. The Morgan fingerprint density at radius 2 is 2.17 bits per heavy atom. The molecule has 0 aliphatic carbocycles.